The lowest BCUT2D eigenvalue weighted by molar-refractivity contribution is -0.149. The molecule has 5 N–H and O–H groups in total. The molecule has 0 amide bonds. The second-order valence-electron chi connectivity index (χ2n) is 3.46. The Kier molecular flexibility index (Phi) is 2.70. The van der Waals surface area contributed by atoms with Crippen molar-refractivity contribution in [1.82, 2.24) is 5.32 Å². The van der Waals surface area contributed by atoms with Gasteiger partial charge in [-0.05, 0) is 6.92 Å². The van der Waals surface area contributed by atoms with Crippen LogP contribution in [-0.4, -0.2) is 57.4 Å². The summed E-state index contributed by atoms with van der Waals surface area (Å²) < 4.78 is 0. The minimum atomic E-state index is -1.33. The van der Waals surface area contributed by atoms with E-state index in [0.29, 0.717) is 0 Å². The first kappa shape index (κ1) is 9.88. The van der Waals surface area contributed by atoms with E-state index in [1.54, 1.807) is 0 Å². The number of β-amino-alcohol motifs (C(OH)–C–C–N with tert-alkyl or cyclic N) is 1. The molecule has 1 saturated heterocycles. The van der Waals surface area contributed by atoms with Crippen LogP contribution in [0.2, 0.25) is 0 Å². The van der Waals surface area contributed by atoms with Crippen molar-refractivity contribution in [3.8, 4) is 0 Å². The molecule has 5 nitrogen and oxygen atoms in total. The number of piperidine rings is 1. The Labute approximate surface area is 70.6 Å². The first-order chi connectivity index (χ1) is 5.49. The highest BCUT2D eigenvalue weighted by molar-refractivity contribution is 4.99. The Morgan fingerprint density at radius 1 is 1.50 bits per heavy atom. The van der Waals surface area contributed by atoms with Crippen LogP contribution < -0.4 is 5.32 Å². The maximum absolute atomic E-state index is 9.47. The molecule has 0 unspecified atom stereocenters. The van der Waals surface area contributed by atoms with Gasteiger partial charge in [0.25, 0.3) is 0 Å². The summed E-state index contributed by atoms with van der Waals surface area (Å²) in [5, 5.41) is 39.6. The van der Waals surface area contributed by atoms with E-state index in [4.69, 9.17) is 5.11 Å². The largest absolute Gasteiger partial charge is 0.395 e. The molecule has 5 heteroatoms. The van der Waals surface area contributed by atoms with Crippen LogP contribution in [0.4, 0.5) is 0 Å². The molecule has 1 aliphatic rings. The molecule has 0 aromatic carbocycles. The predicted octanol–water partition coefficient (Wildman–Crippen LogP) is -2.58. The van der Waals surface area contributed by atoms with Gasteiger partial charge in [0.1, 0.15) is 17.8 Å². The summed E-state index contributed by atoms with van der Waals surface area (Å²) in [6.07, 6.45) is -2.34. The minimum absolute atomic E-state index is 0.163. The summed E-state index contributed by atoms with van der Waals surface area (Å²) in [6, 6.07) is -0.555. The summed E-state index contributed by atoms with van der Waals surface area (Å²) in [4.78, 5) is 0. The molecule has 0 radical (unpaired) electrons. The molecule has 0 bridgehead atoms. The summed E-state index contributed by atoms with van der Waals surface area (Å²) in [5.74, 6) is 0. The van der Waals surface area contributed by atoms with Crippen LogP contribution in [0.1, 0.15) is 6.92 Å². The summed E-state index contributed by atoms with van der Waals surface area (Å²) in [6.45, 7) is 1.34. The van der Waals surface area contributed by atoms with Gasteiger partial charge in [-0.3, -0.25) is 0 Å². The van der Waals surface area contributed by atoms with Crippen molar-refractivity contribution in [2.75, 3.05) is 13.2 Å². The summed E-state index contributed by atoms with van der Waals surface area (Å²) >= 11 is 0. The van der Waals surface area contributed by atoms with Crippen LogP contribution in [0.3, 0.4) is 0 Å². The Morgan fingerprint density at radius 3 is 2.58 bits per heavy atom. The molecule has 12 heavy (non-hydrogen) atoms. The van der Waals surface area contributed by atoms with Crippen LogP contribution >= 0.6 is 0 Å². The number of aliphatic hydroxyl groups is 4. The van der Waals surface area contributed by atoms with E-state index in [2.05, 4.69) is 5.32 Å². The first-order valence-corrected chi connectivity index (χ1v) is 3.92. The van der Waals surface area contributed by atoms with E-state index in [0.717, 1.165) is 0 Å². The van der Waals surface area contributed by atoms with E-state index >= 15 is 0 Å². The van der Waals surface area contributed by atoms with Crippen molar-refractivity contribution >= 4 is 0 Å². The summed E-state index contributed by atoms with van der Waals surface area (Å²) in [5.41, 5.74) is -1.33. The van der Waals surface area contributed by atoms with Crippen LogP contribution in [0, 0.1) is 0 Å². The van der Waals surface area contributed by atoms with Crippen molar-refractivity contribution in [2.24, 2.45) is 0 Å². The molecule has 0 saturated carbocycles. The zero-order valence-corrected chi connectivity index (χ0v) is 6.94. The fourth-order valence-electron chi connectivity index (χ4n) is 1.32. The van der Waals surface area contributed by atoms with Gasteiger partial charge in [-0.25, -0.2) is 0 Å². The smallest absolute Gasteiger partial charge is 0.111 e. The van der Waals surface area contributed by atoms with Gasteiger partial charge < -0.3 is 25.7 Å². The molecule has 0 aliphatic carbocycles. The number of hydrogen-bond donors (Lipinski definition) is 5. The van der Waals surface area contributed by atoms with Gasteiger partial charge in [0.05, 0.1) is 12.6 Å². The average molecular weight is 177 g/mol. The van der Waals surface area contributed by atoms with Crippen LogP contribution in [0.25, 0.3) is 0 Å². The molecular formula is C7H15NO4. The lowest BCUT2D eigenvalue weighted by Gasteiger charge is -2.41. The number of nitrogens with one attached hydrogen (secondary N) is 1. The third-order valence-electron chi connectivity index (χ3n) is 2.29. The molecule has 1 aliphatic heterocycles. The molecule has 4 atom stereocenters. The standard InChI is InChI=1S/C7H15NO4/c1-7(12)3-8-4(2-9)5(10)6(7)11/h4-6,8-12H,2-3H2,1H3/t4-,5-,6-,7+/m1/s1. The average Bonchev–Trinajstić information content (AvgIpc) is 2.01. The van der Waals surface area contributed by atoms with E-state index in [1.807, 2.05) is 0 Å². The quantitative estimate of drug-likeness (QED) is 0.303. The Bertz CT molecular complexity index is 161. The van der Waals surface area contributed by atoms with Crippen molar-refractivity contribution in [3.63, 3.8) is 0 Å². The maximum Gasteiger partial charge on any atom is 0.111 e. The Balaban J connectivity index is 2.65. The molecular weight excluding hydrogens is 162 g/mol. The van der Waals surface area contributed by atoms with Gasteiger partial charge in [0.15, 0.2) is 0 Å². The van der Waals surface area contributed by atoms with Gasteiger partial charge in [0, 0.05) is 6.54 Å². The second-order valence-corrected chi connectivity index (χ2v) is 3.46. The fraction of sp³-hybridized carbons (Fsp3) is 1.00. The molecule has 1 heterocycles. The van der Waals surface area contributed by atoms with Crippen LogP contribution in [0.5, 0.6) is 0 Å². The number of hydrogen-bond acceptors (Lipinski definition) is 5. The third kappa shape index (κ3) is 1.60. The van der Waals surface area contributed by atoms with Crippen molar-refractivity contribution in [3.05, 3.63) is 0 Å². The Hall–Kier alpha value is -0.200. The lowest BCUT2D eigenvalue weighted by atomic mass is 9.87. The van der Waals surface area contributed by atoms with E-state index in [9.17, 15) is 15.3 Å². The minimum Gasteiger partial charge on any atom is -0.395 e. The van der Waals surface area contributed by atoms with Gasteiger partial charge >= 0.3 is 0 Å². The molecule has 0 aromatic rings. The molecule has 0 spiro atoms. The molecule has 1 fully saturated rings. The van der Waals surface area contributed by atoms with Crippen LogP contribution in [0.15, 0.2) is 0 Å². The highest BCUT2D eigenvalue weighted by Gasteiger charge is 2.43. The van der Waals surface area contributed by atoms with Crippen molar-refractivity contribution < 1.29 is 20.4 Å². The molecule has 0 aromatic heterocycles. The number of rotatable bonds is 1. The van der Waals surface area contributed by atoms with E-state index in [1.165, 1.54) is 6.92 Å². The predicted molar refractivity (Wildman–Crippen MR) is 41.5 cm³/mol. The monoisotopic (exact) mass is 177 g/mol. The third-order valence-corrected chi connectivity index (χ3v) is 2.29. The van der Waals surface area contributed by atoms with Gasteiger partial charge in [-0.1, -0.05) is 0 Å². The first-order valence-electron chi connectivity index (χ1n) is 3.92. The van der Waals surface area contributed by atoms with Gasteiger partial charge in [-0.2, -0.15) is 0 Å². The topological polar surface area (TPSA) is 93.0 Å². The zero-order chi connectivity index (χ0) is 9.35. The number of aliphatic hydroxyl groups excluding tert-OH is 3. The molecule has 1 rings (SSSR count). The van der Waals surface area contributed by atoms with Crippen molar-refractivity contribution in [2.45, 2.75) is 30.8 Å². The Morgan fingerprint density at radius 2 is 2.08 bits per heavy atom. The highest BCUT2D eigenvalue weighted by atomic mass is 16.4. The van der Waals surface area contributed by atoms with Gasteiger partial charge in [-0.15, -0.1) is 0 Å². The van der Waals surface area contributed by atoms with Gasteiger partial charge in [0.2, 0.25) is 0 Å². The highest BCUT2D eigenvalue weighted by Crippen LogP contribution is 2.19. The van der Waals surface area contributed by atoms with Crippen LogP contribution in [-0.2, 0) is 0 Å². The van der Waals surface area contributed by atoms with E-state index in [-0.39, 0.29) is 13.2 Å². The SMILES string of the molecule is C[C@]1(O)CN[C@H](CO)[C@@H](O)[C@H]1O. The molecule has 72 valence electrons. The van der Waals surface area contributed by atoms with Crippen molar-refractivity contribution in [1.29, 1.82) is 0 Å². The zero-order valence-electron chi connectivity index (χ0n) is 6.94. The summed E-state index contributed by atoms with van der Waals surface area (Å²) in [7, 11) is 0. The maximum atomic E-state index is 9.47. The second kappa shape index (κ2) is 3.27. The van der Waals surface area contributed by atoms with E-state index < -0.39 is 23.9 Å². The fourth-order valence-corrected chi connectivity index (χ4v) is 1.32. The lowest BCUT2D eigenvalue weighted by Crippen LogP contribution is -2.66. The normalized spacial score (nSPS) is 49.2.